The molecular formula is C32H38N8OS. The van der Waals surface area contributed by atoms with Crippen LogP contribution in [-0.4, -0.2) is 85.5 Å². The molecule has 10 heteroatoms. The van der Waals surface area contributed by atoms with Crippen molar-refractivity contribution in [2.45, 2.75) is 31.3 Å². The highest BCUT2D eigenvalue weighted by Crippen LogP contribution is 2.43. The molecule has 1 atom stereocenters. The number of nitrogen functional groups attached to an aromatic ring is 1. The normalized spacial score (nSPS) is 20.6. The van der Waals surface area contributed by atoms with Gasteiger partial charge in [-0.2, -0.15) is 10.1 Å². The highest BCUT2D eigenvalue weighted by Gasteiger charge is 2.30. The second-order valence-electron chi connectivity index (χ2n) is 11.5. The quantitative estimate of drug-likeness (QED) is 0.336. The van der Waals surface area contributed by atoms with E-state index in [1.807, 2.05) is 17.3 Å². The molecular weight excluding hydrogens is 544 g/mol. The molecule has 2 N–H and O–H groups in total. The van der Waals surface area contributed by atoms with Gasteiger partial charge in [-0.15, -0.1) is 11.3 Å². The van der Waals surface area contributed by atoms with Gasteiger partial charge in [-0.1, -0.05) is 36.4 Å². The number of benzene rings is 2. The van der Waals surface area contributed by atoms with Crippen molar-refractivity contribution in [1.29, 1.82) is 0 Å². The van der Waals surface area contributed by atoms with E-state index in [1.165, 1.54) is 50.3 Å². The fourth-order valence-corrected chi connectivity index (χ4v) is 7.63. The summed E-state index contributed by atoms with van der Waals surface area (Å²) in [5.41, 5.74) is 10.5. The maximum absolute atomic E-state index is 6.21. The fraction of sp³-hybridized carbons (Fsp3) is 0.406. The van der Waals surface area contributed by atoms with Crippen molar-refractivity contribution in [3.05, 3.63) is 60.2 Å². The van der Waals surface area contributed by atoms with Crippen molar-refractivity contribution < 1.29 is 4.74 Å². The zero-order valence-electron chi connectivity index (χ0n) is 24.3. The van der Waals surface area contributed by atoms with Crippen LogP contribution >= 0.6 is 11.3 Å². The predicted octanol–water partition coefficient (Wildman–Crippen LogP) is 5.10. The van der Waals surface area contributed by atoms with Crippen LogP contribution in [-0.2, 0) is 0 Å². The van der Waals surface area contributed by atoms with Gasteiger partial charge in [-0.3, -0.25) is 4.90 Å². The summed E-state index contributed by atoms with van der Waals surface area (Å²) >= 11 is 1.67. The number of hydrogen-bond acceptors (Lipinski definition) is 10. The van der Waals surface area contributed by atoms with Crippen LogP contribution in [0.25, 0.3) is 20.7 Å². The van der Waals surface area contributed by atoms with Crippen LogP contribution in [0.2, 0.25) is 0 Å². The molecule has 0 bridgehead atoms. The zero-order valence-corrected chi connectivity index (χ0v) is 25.1. The van der Waals surface area contributed by atoms with Crippen LogP contribution in [0.1, 0.15) is 30.9 Å². The number of hydrazone groups is 1. The molecule has 3 aliphatic heterocycles. The summed E-state index contributed by atoms with van der Waals surface area (Å²) in [7, 11) is 3.99. The van der Waals surface area contributed by atoms with Crippen molar-refractivity contribution >= 4 is 45.2 Å². The maximum Gasteiger partial charge on any atom is 0.222 e. The molecule has 0 radical (unpaired) electrons. The van der Waals surface area contributed by atoms with Gasteiger partial charge in [0.25, 0.3) is 0 Å². The standard InChI is InChI=1S/C32H38N8OS/c1-37-16-18-38(19-17-37)24-11-14-39(15-12-24)27-9-8-23(20-28(27)41-2)29-21-25-30(42-29)31(36-32(33)35-25)40-26(10-13-34-40)22-6-4-3-5-7-22/h3-9,13,20-21,24,26H,10-12,14-19H2,1-2H3,(H2,33,35,36). The highest BCUT2D eigenvalue weighted by atomic mass is 32.1. The number of piperazine rings is 1. The second-order valence-corrected chi connectivity index (χ2v) is 12.5. The number of likely N-dealkylation sites (N-methyl/N-ethyl adjacent to an activating group) is 1. The van der Waals surface area contributed by atoms with Gasteiger partial charge >= 0.3 is 0 Å². The van der Waals surface area contributed by atoms with Gasteiger partial charge in [0.05, 0.1) is 29.1 Å². The molecule has 0 aliphatic carbocycles. The molecule has 0 spiro atoms. The van der Waals surface area contributed by atoms with Gasteiger partial charge in [0.2, 0.25) is 5.95 Å². The number of methoxy groups -OCH3 is 1. The average Bonchev–Trinajstić information content (AvgIpc) is 3.69. The third-order valence-corrected chi connectivity index (χ3v) is 10.1. The molecule has 0 amide bonds. The van der Waals surface area contributed by atoms with Gasteiger partial charge in [-0.05, 0) is 49.2 Å². The van der Waals surface area contributed by atoms with E-state index in [-0.39, 0.29) is 12.0 Å². The van der Waals surface area contributed by atoms with Crippen LogP contribution < -0.4 is 20.4 Å². The van der Waals surface area contributed by atoms with Crippen LogP contribution in [0.15, 0.2) is 59.7 Å². The average molecular weight is 583 g/mol. The third kappa shape index (κ3) is 5.19. The summed E-state index contributed by atoms with van der Waals surface area (Å²) in [5, 5.41) is 6.70. The largest absolute Gasteiger partial charge is 0.495 e. The molecule has 4 aromatic rings. The highest BCUT2D eigenvalue weighted by molar-refractivity contribution is 7.22. The summed E-state index contributed by atoms with van der Waals surface area (Å²) in [5.74, 6) is 1.91. The summed E-state index contributed by atoms with van der Waals surface area (Å²) in [4.78, 5) is 18.0. The number of fused-ring (bicyclic) bond motifs is 1. The summed E-state index contributed by atoms with van der Waals surface area (Å²) in [6.07, 6.45) is 5.15. The molecule has 42 heavy (non-hydrogen) atoms. The van der Waals surface area contributed by atoms with E-state index < -0.39 is 0 Å². The van der Waals surface area contributed by atoms with E-state index >= 15 is 0 Å². The lowest BCUT2D eigenvalue weighted by Crippen LogP contribution is -2.52. The number of aromatic nitrogens is 2. The zero-order chi connectivity index (χ0) is 28.6. The molecule has 9 nitrogen and oxygen atoms in total. The van der Waals surface area contributed by atoms with Crippen molar-refractivity contribution in [2.75, 3.05) is 69.1 Å². The predicted molar refractivity (Wildman–Crippen MR) is 173 cm³/mol. The van der Waals surface area contributed by atoms with E-state index in [0.29, 0.717) is 6.04 Å². The van der Waals surface area contributed by atoms with Gasteiger partial charge in [0.15, 0.2) is 5.82 Å². The van der Waals surface area contributed by atoms with E-state index in [9.17, 15) is 0 Å². The SMILES string of the molecule is COc1cc(-c2cc3nc(N)nc(N4N=CCC4c4ccccc4)c3s2)ccc1N1CCC(N2CCN(C)CC2)CC1. The maximum atomic E-state index is 6.21. The van der Waals surface area contributed by atoms with Gasteiger partial charge in [0.1, 0.15) is 5.75 Å². The van der Waals surface area contributed by atoms with E-state index in [1.54, 1.807) is 18.4 Å². The Hall–Kier alpha value is -3.73. The minimum atomic E-state index is 0.0778. The van der Waals surface area contributed by atoms with Crippen molar-refractivity contribution in [3.63, 3.8) is 0 Å². The van der Waals surface area contributed by atoms with Crippen molar-refractivity contribution in [2.24, 2.45) is 5.10 Å². The number of rotatable bonds is 6. The van der Waals surface area contributed by atoms with Gasteiger partial charge < -0.3 is 20.3 Å². The summed E-state index contributed by atoms with van der Waals surface area (Å²) in [6.45, 7) is 6.81. The molecule has 2 aromatic carbocycles. The monoisotopic (exact) mass is 582 g/mol. The number of anilines is 3. The Labute approximate surface area is 251 Å². The van der Waals surface area contributed by atoms with Crippen LogP contribution in [0, 0.1) is 0 Å². The fourth-order valence-electron chi connectivity index (χ4n) is 6.55. The molecule has 0 saturated carbocycles. The molecule has 7 rings (SSSR count). The van der Waals surface area contributed by atoms with E-state index in [4.69, 9.17) is 15.6 Å². The summed E-state index contributed by atoms with van der Waals surface area (Å²) < 4.78 is 6.93. The van der Waals surface area contributed by atoms with Crippen LogP contribution in [0.3, 0.4) is 0 Å². The number of nitrogens with two attached hydrogens (primary N) is 1. The first kappa shape index (κ1) is 27.1. The lowest BCUT2D eigenvalue weighted by Gasteiger charge is -2.42. The Bertz CT molecular complexity index is 1570. The molecule has 2 fully saturated rings. The lowest BCUT2D eigenvalue weighted by atomic mass is 10.0. The molecule has 3 aliphatic rings. The number of thiophene rings is 1. The topological polar surface area (TPSA) is 86.3 Å². The van der Waals surface area contributed by atoms with E-state index in [2.05, 4.69) is 80.2 Å². The Morgan fingerprint density at radius 2 is 1.71 bits per heavy atom. The number of nitrogens with zero attached hydrogens (tertiary/aromatic N) is 7. The number of ether oxygens (including phenoxy) is 1. The Morgan fingerprint density at radius 1 is 0.929 bits per heavy atom. The first-order chi connectivity index (χ1) is 20.6. The molecule has 2 aromatic heterocycles. The smallest absolute Gasteiger partial charge is 0.222 e. The van der Waals surface area contributed by atoms with Crippen LogP contribution in [0.5, 0.6) is 5.75 Å². The number of piperidine rings is 1. The lowest BCUT2D eigenvalue weighted by molar-refractivity contribution is 0.0981. The number of hydrogen-bond donors (Lipinski definition) is 1. The van der Waals surface area contributed by atoms with Gasteiger partial charge in [0, 0.05) is 62.8 Å². The Morgan fingerprint density at radius 3 is 2.48 bits per heavy atom. The Kier molecular flexibility index (Phi) is 7.43. The first-order valence-electron chi connectivity index (χ1n) is 14.9. The minimum absolute atomic E-state index is 0.0778. The first-order valence-corrected chi connectivity index (χ1v) is 15.7. The second kappa shape index (κ2) is 11.5. The van der Waals surface area contributed by atoms with Gasteiger partial charge in [-0.25, -0.2) is 9.99 Å². The summed E-state index contributed by atoms with van der Waals surface area (Å²) in [6, 6.07) is 19.9. The van der Waals surface area contributed by atoms with Crippen molar-refractivity contribution in [3.8, 4) is 16.2 Å². The van der Waals surface area contributed by atoms with Crippen LogP contribution in [0.4, 0.5) is 17.5 Å². The van der Waals surface area contributed by atoms with Crippen molar-refractivity contribution in [1.82, 2.24) is 19.8 Å². The molecule has 1 unspecified atom stereocenters. The third-order valence-electron chi connectivity index (χ3n) is 8.93. The molecule has 2 saturated heterocycles. The minimum Gasteiger partial charge on any atom is -0.495 e. The van der Waals surface area contributed by atoms with E-state index in [0.717, 1.165) is 51.7 Å². The molecule has 5 heterocycles. The molecule has 218 valence electrons. The Balaban J connectivity index is 1.14.